The maximum absolute atomic E-state index is 12.2. The van der Waals surface area contributed by atoms with E-state index in [1.807, 2.05) is 0 Å². The van der Waals surface area contributed by atoms with Crippen LogP contribution in [0.4, 0.5) is 5.69 Å². The molecule has 8 heteroatoms. The predicted molar refractivity (Wildman–Crippen MR) is 104 cm³/mol. The molecule has 0 atom stereocenters. The van der Waals surface area contributed by atoms with E-state index in [0.717, 1.165) is 5.56 Å². The summed E-state index contributed by atoms with van der Waals surface area (Å²) in [6.45, 7) is -0.174. The van der Waals surface area contributed by atoms with Gasteiger partial charge in [-0.05, 0) is 29.8 Å². The molecule has 2 aromatic carbocycles. The van der Waals surface area contributed by atoms with Gasteiger partial charge < -0.3 is 29.6 Å². The van der Waals surface area contributed by atoms with Crippen LogP contribution in [0.2, 0.25) is 0 Å². The highest BCUT2D eigenvalue weighted by Gasteiger charge is 2.12. The smallest absolute Gasteiger partial charge is 0.243 e. The Hall–Kier alpha value is -3.42. The first-order valence-corrected chi connectivity index (χ1v) is 8.50. The number of rotatable bonds is 9. The molecule has 0 aliphatic carbocycles. The van der Waals surface area contributed by atoms with Crippen LogP contribution in [0.25, 0.3) is 0 Å². The molecule has 0 heterocycles. The first kappa shape index (κ1) is 20.9. The Morgan fingerprint density at radius 1 is 0.786 bits per heavy atom. The van der Waals surface area contributed by atoms with Crippen LogP contribution in [0.15, 0.2) is 36.4 Å². The Morgan fingerprint density at radius 2 is 1.46 bits per heavy atom. The first-order chi connectivity index (χ1) is 13.5. The van der Waals surface area contributed by atoms with Crippen LogP contribution in [-0.4, -0.2) is 46.8 Å². The van der Waals surface area contributed by atoms with Crippen LogP contribution in [0.3, 0.4) is 0 Å². The fourth-order valence-electron chi connectivity index (χ4n) is 2.52. The highest BCUT2D eigenvalue weighted by molar-refractivity contribution is 5.96. The highest BCUT2D eigenvalue weighted by Crippen LogP contribution is 2.29. The average Bonchev–Trinajstić information content (AvgIpc) is 2.72. The Kier molecular flexibility index (Phi) is 7.50. The molecular formula is C20H24N2O6. The van der Waals surface area contributed by atoms with E-state index >= 15 is 0 Å². The summed E-state index contributed by atoms with van der Waals surface area (Å²) in [6.07, 6.45) is 0.107. The lowest BCUT2D eigenvalue weighted by Gasteiger charge is -2.12. The number of carbonyl (C=O) groups excluding carboxylic acids is 2. The van der Waals surface area contributed by atoms with Crippen molar-refractivity contribution >= 4 is 17.5 Å². The van der Waals surface area contributed by atoms with Crippen molar-refractivity contribution in [1.82, 2.24) is 5.32 Å². The molecule has 0 aliphatic rings. The molecule has 0 saturated carbocycles. The van der Waals surface area contributed by atoms with Crippen molar-refractivity contribution in [1.29, 1.82) is 0 Å². The van der Waals surface area contributed by atoms with Crippen LogP contribution >= 0.6 is 0 Å². The third-order valence-electron chi connectivity index (χ3n) is 3.94. The molecule has 0 unspecified atom stereocenters. The van der Waals surface area contributed by atoms with Crippen LogP contribution < -0.4 is 29.6 Å². The minimum absolute atomic E-state index is 0.107. The third-order valence-corrected chi connectivity index (χ3v) is 3.94. The van der Waals surface area contributed by atoms with Gasteiger partial charge in [-0.3, -0.25) is 9.59 Å². The molecule has 0 radical (unpaired) electrons. The Bertz CT molecular complexity index is 837. The summed E-state index contributed by atoms with van der Waals surface area (Å²) < 4.78 is 20.7. The van der Waals surface area contributed by atoms with E-state index in [0.29, 0.717) is 28.7 Å². The van der Waals surface area contributed by atoms with Gasteiger partial charge in [0.15, 0.2) is 11.5 Å². The van der Waals surface area contributed by atoms with Gasteiger partial charge in [-0.25, -0.2) is 0 Å². The number of hydrogen-bond acceptors (Lipinski definition) is 6. The molecule has 2 amide bonds. The summed E-state index contributed by atoms with van der Waals surface area (Å²) in [5, 5.41) is 5.28. The molecule has 0 fully saturated rings. The number of benzene rings is 2. The van der Waals surface area contributed by atoms with E-state index in [2.05, 4.69) is 10.6 Å². The van der Waals surface area contributed by atoms with Gasteiger partial charge in [0.2, 0.25) is 11.8 Å². The van der Waals surface area contributed by atoms with Crippen molar-refractivity contribution in [2.75, 3.05) is 40.3 Å². The van der Waals surface area contributed by atoms with Gasteiger partial charge >= 0.3 is 0 Å². The normalized spacial score (nSPS) is 10.0. The standard InChI is InChI=1S/C20H24N2O6/c1-25-14-6-8-16(26-2)15(11-14)22-20(24)12-21-19(23)10-13-5-7-17(27-3)18(9-13)28-4/h5-9,11H,10,12H2,1-4H3,(H,21,23)(H,22,24). The maximum atomic E-state index is 12.2. The summed E-state index contributed by atoms with van der Waals surface area (Å²) in [5.41, 5.74) is 1.20. The molecule has 0 bridgehead atoms. The van der Waals surface area contributed by atoms with Crippen LogP contribution in [0, 0.1) is 0 Å². The highest BCUT2D eigenvalue weighted by atomic mass is 16.5. The average molecular weight is 388 g/mol. The van der Waals surface area contributed by atoms with Gasteiger partial charge in [-0.1, -0.05) is 6.07 Å². The second kappa shape index (κ2) is 10.1. The fraction of sp³-hybridized carbons (Fsp3) is 0.300. The van der Waals surface area contributed by atoms with Crippen molar-refractivity contribution in [3.8, 4) is 23.0 Å². The first-order valence-electron chi connectivity index (χ1n) is 8.50. The minimum atomic E-state index is -0.382. The lowest BCUT2D eigenvalue weighted by atomic mass is 10.1. The molecule has 2 rings (SSSR count). The summed E-state index contributed by atoms with van der Waals surface area (Å²) in [7, 11) is 6.10. The van der Waals surface area contributed by atoms with Gasteiger partial charge in [-0.15, -0.1) is 0 Å². The fourth-order valence-corrected chi connectivity index (χ4v) is 2.52. The second-order valence-electron chi connectivity index (χ2n) is 5.76. The molecule has 28 heavy (non-hydrogen) atoms. The monoisotopic (exact) mass is 388 g/mol. The number of hydrogen-bond donors (Lipinski definition) is 2. The Morgan fingerprint density at radius 3 is 2.11 bits per heavy atom. The minimum Gasteiger partial charge on any atom is -0.497 e. The molecule has 0 saturated heterocycles. The van der Waals surface area contributed by atoms with Crippen molar-refractivity contribution < 1.29 is 28.5 Å². The molecule has 2 aromatic rings. The lowest BCUT2D eigenvalue weighted by molar-refractivity contribution is -0.123. The Labute approximate surface area is 163 Å². The number of ether oxygens (including phenoxy) is 4. The van der Waals surface area contributed by atoms with E-state index in [9.17, 15) is 9.59 Å². The van der Waals surface area contributed by atoms with Crippen molar-refractivity contribution in [2.24, 2.45) is 0 Å². The Balaban J connectivity index is 1.92. The molecule has 150 valence electrons. The molecule has 0 aromatic heterocycles. The lowest BCUT2D eigenvalue weighted by Crippen LogP contribution is -2.33. The van der Waals surface area contributed by atoms with Crippen molar-refractivity contribution in [2.45, 2.75) is 6.42 Å². The molecular weight excluding hydrogens is 364 g/mol. The zero-order valence-corrected chi connectivity index (χ0v) is 16.3. The molecule has 0 spiro atoms. The molecule has 8 nitrogen and oxygen atoms in total. The number of nitrogens with one attached hydrogen (secondary N) is 2. The zero-order valence-electron chi connectivity index (χ0n) is 16.3. The van der Waals surface area contributed by atoms with Gasteiger partial charge in [-0.2, -0.15) is 0 Å². The summed E-state index contributed by atoms with van der Waals surface area (Å²) >= 11 is 0. The van der Waals surface area contributed by atoms with Crippen molar-refractivity contribution in [3.05, 3.63) is 42.0 Å². The van der Waals surface area contributed by atoms with Crippen LogP contribution in [0.5, 0.6) is 23.0 Å². The van der Waals surface area contributed by atoms with E-state index in [-0.39, 0.29) is 24.8 Å². The van der Waals surface area contributed by atoms with Crippen LogP contribution in [-0.2, 0) is 16.0 Å². The van der Waals surface area contributed by atoms with Gasteiger partial charge in [0.1, 0.15) is 11.5 Å². The number of methoxy groups -OCH3 is 4. The molecule has 0 aliphatic heterocycles. The number of anilines is 1. The summed E-state index contributed by atoms with van der Waals surface area (Å²) in [6, 6.07) is 10.3. The van der Waals surface area contributed by atoms with Crippen LogP contribution in [0.1, 0.15) is 5.56 Å². The van der Waals surface area contributed by atoms with Gasteiger partial charge in [0.05, 0.1) is 47.1 Å². The predicted octanol–water partition coefficient (Wildman–Crippen LogP) is 2.02. The second-order valence-corrected chi connectivity index (χ2v) is 5.76. The number of carbonyl (C=O) groups is 2. The van der Waals surface area contributed by atoms with E-state index in [1.165, 1.54) is 21.3 Å². The topological polar surface area (TPSA) is 95.1 Å². The van der Waals surface area contributed by atoms with E-state index in [4.69, 9.17) is 18.9 Å². The maximum Gasteiger partial charge on any atom is 0.243 e. The largest absolute Gasteiger partial charge is 0.497 e. The third kappa shape index (κ3) is 5.54. The summed E-state index contributed by atoms with van der Waals surface area (Å²) in [5.74, 6) is 1.51. The van der Waals surface area contributed by atoms with E-state index < -0.39 is 0 Å². The van der Waals surface area contributed by atoms with E-state index in [1.54, 1.807) is 43.5 Å². The van der Waals surface area contributed by atoms with Crippen molar-refractivity contribution in [3.63, 3.8) is 0 Å². The molecule has 2 N–H and O–H groups in total. The quantitative estimate of drug-likeness (QED) is 0.682. The SMILES string of the molecule is COc1ccc(OC)c(NC(=O)CNC(=O)Cc2ccc(OC)c(OC)c2)c1. The van der Waals surface area contributed by atoms with Gasteiger partial charge in [0.25, 0.3) is 0 Å². The zero-order chi connectivity index (χ0) is 20.5. The number of amides is 2. The van der Waals surface area contributed by atoms with Gasteiger partial charge in [0, 0.05) is 6.07 Å². The summed E-state index contributed by atoms with van der Waals surface area (Å²) in [4.78, 5) is 24.3.